The van der Waals surface area contributed by atoms with Gasteiger partial charge in [-0.15, -0.1) is 0 Å². The fourth-order valence-electron chi connectivity index (χ4n) is 4.46. The summed E-state index contributed by atoms with van der Waals surface area (Å²) in [6.45, 7) is 7.34. The van der Waals surface area contributed by atoms with Crippen molar-refractivity contribution in [2.75, 3.05) is 19.4 Å². The van der Waals surface area contributed by atoms with Gasteiger partial charge in [0.15, 0.2) is 0 Å². The standard InChI is InChI=1S/C22H32N2O3SSi/c1-22(2,3)29(20-11-7-5-8-12-20,21-13-9-6-10-14-21)27-17-19-15-18(23)16-24(19)28(4,25)26/h5-14,18-19H,15-17,23H2,1-4H3/t18-,19+/m1/s1. The van der Waals surface area contributed by atoms with Crippen molar-refractivity contribution < 1.29 is 12.8 Å². The molecule has 1 saturated heterocycles. The molecule has 2 atom stereocenters. The number of benzene rings is 2. The van der Waals surface area contributed by atoms with Crippen LogP contribution >= 0.6 is 0 Å². The topological polar surface area (TPSA) is 72.6 Å². The van der Waals surface area contributed by atoms with Crippen molar-refractivity contribution in [2.24, 2.45) is 5.73 Å². The molecule has 1 heterocycles. The molecule has 0 radical (unpaired) electrons. The van der Waals surface area contributed by atoms with Crippen LogP contribution in [-0.4, -0.2) is 52.5 Å². The number of hydrogen-bond donors (Lipinski definition) is 1. The van der Waals surface area contributed by atoms with Gasteiger partial charge < -0.3 is 10.2 Å². The predicted molar refractivity (Wildman–Crippen MR) is 122 cm³/mol. The number of rotatable bonds is 6. The van der Waals surface area contributed by atoms with Crippen LogP contribution in [0.1, 0.15) is 27.2 Å². The van der Waals surface area contributed by atoms with Crippen LogP contribution in [0.3, 0.4) is 0 Å². The van der Waals surface area contributed by atoms with Crippen molar-refractivity contribution in [1.82, 2.24) is 4.31 Å². The van der Waals surface area contributed by atoms with Crippen molar-refractivity contribution in [1.29, 1.82) is 0 Å². The maximum absolute atomic E-state index is 12.3. The van der Waals surface area contributed by atoms with Gasteiger partial charge in [-0.2, -0.15) is 4.31 Å². The highest BCUT2D eigenvalue weighted by atomic mass is 32.2. The largest absolute Gasteiger partial charge is 0.406 e. The summed E-state index contributed by atoms with van der Waals surface area (Å²) in [7, 11) is -6.02. The molecule has 5 nitrogen and oxygen atoms in total. The Bertz CT molecular complexity index is 875. The Balaban J connectivity index is 2.05. The summed E-state index contributed by atoms with van der Waals surface area (Å²) in [5, 5.41) is 2.23. The van der Waals surface area contributed by atoms with Crippen LogP contribution < -0.4 is 16.1 Å². The van der Waals surface area contributed by atoms with Crippen LogP contribution in [-0.2, 0) is 14.4 Å². The van der Waals surface area contributed by atoms with Gasteiger partial charge in [0.05, 0.1) is 12.9 Å². The second-order valence-corrected chi connectivity index (χ2v) is 15.2. The lowest BCUT2D eigenvalue weighted by Crippen LogP contribution is -2.67. The summed E-state index contributed by atoms with van der Waals surface area (Å²) in [6, 6.07) is 20.4. The van der Waals surface area contributed by atoms with E-state index in [9.17, 15) is 8.42 Å². The molecule has 0 aromatic heterocycles. The highest BCUT2D eigenvalue weighted by Crippen LogP contribution is 2.37. The van der Waals surface area contributed by atoms with Crippen LogP contribution in [0.15, 0.2) is 60.7 Å². The van der Waals surface area contributed by atoms with Crippen LogP contribution in [0.2, 0.25) is 5.04 Å². The van der Waals surface area contributed by atoms with Crippen molar-refractivity contribution in [2.45, 2.75) is 44.3 Å². The molecule has 3 rings (SSSR count). The van der Waals surface area contributed by atoms with Gasteiger partial charge in [0.1, 0.15) is 0 Å². The lowest BCUT2D eigenvalue weighted by atomic mass is 10.2. The van der Waals surface area contributed by atoms with E-state index in [1.165, 1.54) is 20.9 Å². The van der Waals surface area contributed by atoms with Gasteiger partial charge in [-0.25, -0.2) is 8.42 Å². The summed E-state index contributed by atoms with van der Waals surface area (Å²) in [5.41, 5.74) is 6.11. The zero-order chi connectivity index (χ0) is 21.3. The van der Waals surface area contributed by atoms with E-state index < -0.39 is 18.3 Å². The zero-order valence-electron chi connectivity index (χ0n) is 17.7. The molecule has 1 aliphatic rings. The maximum Gasteiger partial charge on any atom is 0.261 e. The quantitative estimate of drug-likeness (QED) is 0.708. The predicted octanol–water partition coefficient (Wildman–Crippen LogP) is 1.92. The molecule has 0 bridgehead atoms. The smallest absolute Gasteiger partial charge is 0.261 e. The van der Waals surface area contributed by atoms with E-state index in [1.54, 1.807) is 0 Å². The van der Waals surface area contributed by atoms with Crippen molar-refractivity contribution in [3.05, 3.63) is 60.7 Å². The lowest BCUT2D eigenvalue weighted by Gasteiger charge is -2.44. The average molecular weight is 433 g/mol. The lowest BCUT2D eigenvalue weighted by molar-refractivity contribution is 0.221. The summed E-state index contributed by atoms with van der Waals surface area (Å²) in [6.07, 6.45) is 1.87. The van der Waals surface area contributed by atoms with E-state index in [1.807, 2.05) is 36.4 Å². The van der Waals surface area contributed by atoms with E-state index in [2.05, 4.69) is 45.0 Å². The van der Waals surface area contributed by atoms with Gasteiger partial charge in [0.25, 0.3) is 8.32 Å². The summed E-state index contributed by atoms with van der Waals surface area (Å²) in [4.78, 5) is 0. The van der Waals surface area contributed by atoms with Crippen LogP contribution in [0.4, 0.5) is 0 Å². The molecule has 29 heavy (non-hydrogen) atoms. The molecule has 2 N–H and O–H groups in total. The van der Waals surface area contributed by atoms with Gasteiger partial charge in [-0.05, 0) is 21.8 Å². The molecule has 0 spiro atoms. The minimum absolute atomic E-state index is 0.146. The Labute approximate surface area is 176 Å². The summed E-state index contributed by atoms with van der Waals surface area (Å²) >= 11 is 0. The average Bonchev–Trinajstić information content (AvgIpc) is 3.04. The molecule has 158 valence electrons. The number of nitrogens with zero attached hydrogens (tertiary/aromatic N) is 1. The third-order valence-electron chi connectivity index (χ3n) is 5.73. The van der Waals surface area contributed by atoms with Gasteiger partial charge in [0, 0.05) is 18.6 Å². The molecule has 0 saturated carbocycles. The summed E-state index contributed by atoms with van der Waals surface area (Å²) < 4.78 is 33.0. The van der Waals surface area contributed by atoms with Crippen molar-refractivity contribution in [3.8, 4) is 0 Å². The summed E-state index contributed by atoms with van der Waals surface area (Å²) in [5.74, 6) is 0. The number of nitrogens with two attached hydrogens (primary N) is 1. The minimum Gasteiger partial charge on any atom is -0.406 e. The van der Waals surface area contributed by atoms with E-state index in [0.29, 0.717) is 19.6 Å². The third kappa shape index (κ3) is 4.49. The van der Waals surface area contributed by atoms with Gasteiger partial charge >= 0.3 is 0 Å². The SMILES string of the molecule is CC(C)(C)[Si](OC[C@@H]1C[C@@H](N)CN1S(C)(=O)=O)(c1ccccc1)c1ccccc1. The van der Waals surface area contributed by atoms with E-state index in [0.717, 1.165) is 0 Å². The molecule has 0 unspecified atom stereocenters. The minimum atomic E-state index is -3.33. The second-order valence-electron chi connectivity index (χ2n) is 8.96. The Morgan fingerprint density at radius 3 is 1.93 bits per heavy atom. The van der Waals surface area contributed by atoms with E-state index in [-0.39, 0.29) is 17.1 Å². The first-order valence-electron chi connectivity index (χ1n) is 10.0. The first-order chi connectivity index (χ1) is 13.6. The van der Waals surface area contributed by atoms with Gasteiger partial charge in [0.2, 0.25) is 10.0 Å². The van der Waals surface area contributed by atoms with Crippen molar-refractivity contribution in [3.63, 3.8) is 0 Å². The monoisotopic (exact) mass is 432 g/mol. The van der Waals surface area contributed by atoms with E-state index in [4.69, 9.17) is 10.2 Å². The molecule has 0 aliphatic carbocycles. The number of hydrogen-bond acceptors (Lipinski definition) is 4. The maximum atomic E-state index is 12.3. The number of sulfonamides is 1. The molecule has 7 heteroatoms. The van der Waals surface area contributed by atoms with E-state index >= 15 is 0 Å². The molecule has 0 amide bonds. The van der Waals surface area contributed by atoms with Crippen LogP contribution in [0.5, 0.6) is 0 Å². The fraction of sp³-hybridized carbons (Fsp3) is 0.455. The normalized spacial score (nSPS) is 21.4. The Morgan fingerprint density at radius 1 is 1.03 bits per heavy atom. The first-order valence-corrected chi connectivity index (χ1v) is 13.8. The molecule has 1 fully saturated rings. The molecular weight excluding hydrogens is 400 g/mol. The Morgan fingerprint density at radius 2 is 1.52 bits per heavy atom. The molecule has 2 aromatic carbocycles. The van der Waals surface area contributed by atoms with Crippen LogP contribution in [0.25, 0.3) is 0 Å². The first kappa shape index (κ1) is 22.2. The third-order valence-corrected chi connectivity index (χ3v) is 12.0. The Kier molecular flexibility index (Phi) is 6.36. The van der Waals surface area contributed by atoms with Crippen molar-refractivity contribution >= 4 is 28.7 Å². The molecule has 1 aliphatic heterocycles. The van der Waals surface area contributed by atoms with Gasteiger partial charge in [-0.1, -0.05) is 81.4 Å². The highest BCUT2D eigenvalue weighted by molar-refractivity contribution is 7.88. The second kappa shape index (κ2) is 8.32. The molecule has 2 aromatic rings. The van der Waals surface area contributed by atoms with Crippen LogP contribution in [0, 0.1) is 0 Å². The highest BCUT2D eigenvalue weighted by Gasteiger charge is 2.51. The van der Waals surface area contributed by atoms with Gasteiger partial charge in [-0.3, -0.25) is 0 Å². The Hall–Kier alpha value is -1.51. The fourth-order valence-corrected chi connectivity index (χ4v) is 10.2. The zero-order valence-corrected chi connectivity index (χ0v) is 19.5. The molecular formula is C22H32N2O3SSi.